The number of nitrogens with two attached hydrogens (primary N) is 1. The van der Waals surface area contributed by atoms with Gasteiger partial charge < -0.3 is 34.1 Å². The summed E-state index contributed by atoms with van der Waals surface area (Å²) in [6.07, 6.45) is 6.34. The second kappa shape index (κ2) is 9.68. The fraction of sp³-hybridized carbons (Fsp3) is 0.741. The summed E-state index contributed by atoms with van der Waals surface area (Å²) in [7, 11) is 0. The molecule has 1 amide bonds. The maximum absolute atomic E-state index is 12.7. The first-order valence-electron chi connectivity index (χ1n) is 13.9. The molecule has 11 nitrogen and oxygen atoms in total. The highest BCUT2D eigenvalue weighted by molar-refractivity contribution is 14.1. The van der Waals surface area contributed by atoms with Crippen LogP contribution in [0.4, 0.5) is 10.6 Å². The molecule has 4 fully saturated rings. The highest BCUT2D eigenvalue weighted by atomic mass is 127. The van der Waals surface area contributed by atoms with E-state index in [2.05, 4.69) is 37.5 Å². The molecule has 214 valence electrons. The summed E-state index contributed by atoms with van der Waals surface area (Å²) < 4.78 is 28.2. The molecular weight excluding hydrogens is 615 g/mol. The van der Waals surface area contributed by atoms with Gasteiger partial charge in [0.1, 0.15) is 41.7 Å². The maximum Gasteiger partial charge on any atom is 0.410 e. The van der Waals surface area contributed by atoms with Crippen LogP contribution in [0.5, 0.6) is 0 Å². The third-order valence-corrected chi connectivity index (χ3v) is 9.30. The van der Waals surface area contributed by atoms with E-state index in [0.717, 1.165) is 53.4 Å². The Balaban J connectivity index is 1.21. The SMILES string of the molecule is CC(C)(C)OC(=O)N1CCC2(CCCN2C[C@H]2O[C@@H](n3cc(I)c4c(N)ncnc43)[C@@H]3OC(C)(C)O[C@@H]32)CC1. The number of hydrogen-bond donors (Lipinski definition) is 1. The van der Waals surface area contributed by atoms with Gasteiger partial charge in [0.2, 0.25) is 0 Å². The van der Waals surface area contributed by atoms with Gasteiger partial charge in [-0.15, -0.1) is 0 Å². The lowest BCUT2D eigenvalue weighted by Crippen LogP contribution is -2.56. The quantitative estimate of drug-likeness (QED) is 0.492. The average molecular weight is 655 g/mol. The van der Waals surface area contributed by atoms with Crippen LogP contribution < -0.4 is 5.73 Å². The van der Waals surface area contributed by atoms with E-state index in [1.165, 1.54) is 6.33 Å². The van der Waals surface area contributed by atoms with Crippen LogP contribution in [-0.2, 0) is 18.9 Å². The van der Waals surface area contributed by atoms with Crippen molar-refractivity contribution in [1.29, 1.82) is 0 Å². The smallest absolute Gasteiger partial charge is 0.410 e. The minimum atomic E-state index is -0.707. The molecule has 0 unspecified atom stereocenters. The van der Waals surface area contributed by atoms with Gasteiger partial charge in [0.25, 0.3) is 0 Å². The van der Waals surface area contributed by atoms with Crippen molar-refractivity contribution in [2.45, 2.75) is 102 Å². The molecule has 6 heterocycles. The standard InChI is InChI=1S/C27H39IN6O5/c1-25(2,3)39-24(35)32-11-8-27(9-12-32)7-6-10-33(27)14-17-19-20(38-26(4,5)37-19)23(36-17)34-13-16(28)18-21(29)30-15-31-22(18)34/h13,15,17,19-20,23H,6-12,14H2,1-5H3,(H2,29,30,31)/t17-,19-,20-,23-/m1/s1. The van der Waals surface area contributed by atoms with E-state index in [1.807, 2.05) is 50.3 Å². The van der Waals surface area contributed by atoms with Gasteiger partial charge in [0.05, 0.1) is 5.39 Å². The summed E-state index contributed by atoms with van der Waals surface area (Å²) in [5.74, 6) is -0.254. The third-order valence-electron chi connectivity index (χ3n) is 8.48. The molecule has 2 N–H and O–H groups in total. The number of ether oxygens (including phenoxy) is 4. The molecule has 0 radical (unpaired) electrons. The fourth-order valence-electron chi connectivity index (χ4n) is 6.78. The number of likely N-dealkylation sites (tertiary alicyclic amines) is 2. The van der Waals surface area contributed by atoms with Gasteiger partial charge >= 0.3 is 6.09 Å². The number of aromatic nitrogens is 3. The largest absolute Gasteiger partial charge is 0.444 e. The predicted molar refractivity (Wildman–Crippen MR) is 153 cm³/mol. The van der Waals surface area contributed by atoms with Gasteiger partial charge in [-0.25, -0.2) is 14.8 Å². The highest BCUT2D eigenvalue weighted by Crippen LogP contribution is 2.46. The third kappa shape index (κ3) is 5.00. The molecule has 2 aromatic rings. The van der Waals surface area contributed by atoms with E-state index in [9.17, 15) is 4.79 Å². The summed E-state index contributed by atoms with van der Waals surface area (Å²) in [4.78, 5) is 25.8. The summed E-state index contributed by atoms with van der Waals surface area (Å²) in [5.41, 5.74) is 6.49. The first-order valence-corrected chi connectivity index (χ1v) is 14.9. The van der Waals surface area contributed by atoms with E-state index in [0.29, 0.717) is 18.9 Å². The molecule has 4 saturated heterocycles. The van der Waals surface area contributed by atoms with Crippen molar-refractivity contribution in [1.82, 2.24) is 24.3 Å². The lowest BCUT2D eigenvalue weighted by atomic mass is 9.84. The molecular formula is C27H39IN6O5. The minimum absolute atomic E-state index is 0.0572. The molecule has 2 aromatic heterocycles. The Morgan fingerprint density at radius 2 is 1.87 bits per heavy atom. The normalized spacial score (nSPS) is 30.4. The molecule has 0 saturated carbocycles. The number of rotatable bonds is 3. The molecule has 0 aromatic carbocycles. The van der Waals surface area contributed by atoms with Crippen LogP contribution in [0.25, 0.3) is 11.0 Å². The molecule has 6 rings (SSSR count). The van der Waals surface area contributed by atoms with Gasteiger partial charge in [-0.3, -0.25) is 4.90 Å². The number of carbonyl (C=O) groups excluding carboxylic acids is 1. The van der Waals surface area contributed by atoms with Crippen LogP contribution in [-0.4, -0.2) is 91.8 Å². The van der Waals surface area contributed by atoms with E-state index >= 15 is 0 Å². The summed E-state index contributed by atoms with van der Waals surface area (Å²) >= 11 is 2.27. The highest BCUT2D eigenvalue weighted by Gasteiger charge is 2.57. The second-order valence-electron chi connectivity index (χ2n) is 12.7. The Morgan fingerprint density at radius 3 is 2.59 bits per heavy atom. The number of halogens is 1. The summed E-state index contributed by atoms with van der Waals surface area (Å²) in [5, 5.41) is 0.829. The first-order chi connectivity index (χ1) is 18.4. The van der Waals surface area contributed by atoms with Crippen LogP contribution in [0.3, 0.4) is 0 Å². The monoisotopic (exact) mass is 654 g/mol. The number of nitrogen functional groups attached to an aromatic ring is 1. The molecule has 1 spiro atoms. The van der Waals surface area contributed by atoms with Crippen molar-refractivity contribution in [3.05, 3.63) is 16.1 Å². The second-order valence-corrected chi connectivity index (χ2v) is 13.9. The average Bonchev–Trinajstić information content (AvgIpc) is 3.56. The van der Waals surface area contributed by atoms with Crippen molar-refractivity contribution in [2.75, 3.05) is 31.9 Å². The Bertz CT molecular complexity index is 1250. The number of nitrogens with zero attached hydrogens (tertiary/aromatic N) is 5. The van der Waals surface area contributed by atoms with Crippen molar-refractivity contribution in [2.24, 2.45) is 0 Å². The zero-order valence-electron chi connectivity index (χ0n) is 23.4. The Hall–Kier alpha value is -1.74. The van der Waals surface area contributed by atoms with Crippen molar-refractivity contribution < 1.29 is 23.7 Å². The number of anilines is 1. The van der Waals surface area contributed by atoms with Gasteiger partial charge in [-0.05, 0) is 89.4 Å². The number of hydrogen-bond acceptors (Lipinski definition) is 9. The van der Waals surface area contributed by atoms with Gasteiger partial charge in [0, 0.05) is 34.9 Å². The molecule has 39 heavy (non-hydrogen) atoms. The van der Waals surface area contributed by atoms with E-state index in [-0.39, 0.29) is 29.9 Å². The fourth-order valence-corrected chi connectivity index (χ4v) is 7.60. The molecule has 4 atom stereocenters. The Kier molecular flexibility index (Phi) is 6.81. The number of carbonyl (C=O) groups is 1. The molecule has 0 aliphatic carbocycles. The van der Waals surface area contributed by atoms with E-state index in [4.69, 9.17) is 24.7 Å². The van der Waals surface area contributed by atoms with Gasteiger partial charge in [-0.1, -0.05) is 0 Å². The zero-order valence-corrected chi connectivity index (χ0v) is 25.5. The lowest BCUT2D eigenvalue weighted by molar-refractivity contribution is -0.199. The van der Waals surface area contributed by atoms with Gasteiger partial charge in [0.15, 0.2) is 12.0 Å². The van der Waals surface area contributed by atoms with Crippen LogP contribution >= 0.6 is 22.6 Å². The van der Waals surface area contributed by atoms with E-state index in [1.54, 1.807) is 0 Å². The van der Waals surface area contributed by atoms with Crippen LogP contribution in [0.15, 0.2) is 12.5 Å². The van der Waals surface area contributed by atoms with Gasteiger partial charge in [-0.2, -0.15) is 0 Å². The molecule has 4 aliphatic heterocycles. The first kappa shape index (κ1) is 27.4. The predicted octanol–water partition coefficient (Wildman–Crippen LogP) is 3.90. The topological polar surface area (TPSA) is 117 Å². The van der Waals surface area contributed by atoms with Crippen molar-refractivity contribution in [3.63, 3.8) is 0 Å². The number of piperidine rings is 1. The summed E-state index contributed by atoms with van der Waals surface area (Å²) in [6.45, 7) is 12.8. The minimum Gasteiger partial charge on any atom is -0.444 e. The maximum atomic E-state index is 12.7. The lowest BCUT2D eigenvalue weighted by Gasteiger charge is -2.46. The van der Waals surface area contributed by atoms with Crippen molar-refractivity contribution >= 4 is 45.5 Å². The molecule has 12 heteroatoms. The van der Waals surface area contributed by atoms with E-state index < -0.39 is 17.6 Å². The zero-order chi connectivity index (χ0) is 27.7. The van der Waals surface area contributed by atoms with Crippen LogP contribution in [0, 0.1) is 3.57 Å². The molecule has 0 bridgehead atoms. The Labute approximate surface area is 242 Å². The van der Waals surface area contributed by atoms with Crippen LogP contribution in [0.2, 0.25) is 0 Å². The molecule has 4 aliphatic rings. The summed E-state index contributed by atoms with van der Waals surface area (Å²) in [6, 6.07) is 0. The Morgan fingerprint density at radius 1 is 1.15 bits per heavy atom. The number of fused-ring (bicyclic) bond motifs is 2. The van der Waals surface area contributed by atoms with Crippen molar-refractivity contribution in [3.8, 4) is 0 Å². The van der Waals surface area contributed by atoms with Crippen LogP contribution in [0.1, 0.15) is 66.5 Å². The number of amides is 1.